The molecule has 170 valence electrons. The van der Waals surface area contributed by atoms with Crippen LogP contribution in [-0.4, -0.2) is 55.0 Å². The molecular formula is C26H44N2O2. The summed E-state index contributed by atoms with van der Waals surface area (Å²) in [5.41, 5.74) is 0.339. The van der Waals surface area contributed by atoms with Gasteiger partial charge in [0.05, 0.1) is 0 Å². The molecule has 0 aromatic heterocycles. The standard InChI is InChI=1S/C26H44N2O2/c1-7-10-17-28(18-11-8-2)21-25(5)20-27(6)22(4)19-26(25,30-24(29)9-3)23-15-13-12-14-16-23/h12-16,22H,7-11,17-21H2,1-6H3. The minimum absolute atomic E-state index is 0.101. The molecule has 4 heteroatoms. The van der Waals surface area contributed by atoms with Gasteiger partial charge in [-0.15, -0.1) is 0 Å². The Balaban J connectivity index is 2.51. The van der Waals surface area contributed by atoms with Crippen LogP contribution in [0.15, 0.2) is 30.3 Å². The molecule has 3 atom stereocenters. The number of rotatable bonds is 11. The van der Waals surface area contributed by atoms with Gasteiger partial charge in [0, 0.05) is 37.4 Å². The van der Waals surface area contributed by atoms with E-state index in [1.165, 1.54) is 25.7 Å². The first kappa shape index (κ1) is 24.9. The number of benzene rings is 1. The quantitative estimate of drug-likeness (QED) is 0.448. The Morgan fingerprint density at radius 2 is 1.73 bits per heavy atom. The number of carbonyl (C=O) groups is 1. The maximum atomic E-state index is 12.7. The number of ether oxygens (including phenoxy) is 1. The summed E-state index contributed by atoms with van der Waals surface area (Å²) in [5, 5.41) is 0. The molecule has 1 fully saturated rings. The topological polar surface area (TPSA) is 32.8 Å². The summed E-state index contributed by atoms with van der Waals surface area (Å²) in [5.74, 6) is -0.101. The van der Waals surface area contributed by atoms with E-state index in [1.807, 2.05) is 13.0 Å². The summed E-state index contributed by atoms with van der Waals surface area (Å²) in [6, 6.07) is 10.9. The molecule has 3 unspecified atom stereocenters. The monoisotopic (exact) mass is 416 g/mol. The third-order valence-electron chi connectivity index (χ3n) is 6.95. The van der Waals surface area contributed by atoms with Crippen LogP contribution in [0.1, 0.15) is 78.7 Å². The molecule has 0 aliphatic carbocycles. The van der Waals surface area contributed by atoms with E-state index in [9.17, 15) is 4.79 Å². The highest BCUT2D eigenvalue weighted by molar-refractivity contribution is 5.70. The maximum absolute atomic E-state index is 12.7. The molecule has 1 aromatic carbocycles. The Bertz CT molecular complexity index is 642. The second kappa shape index (κ2) is 11.3. The summed E-state index contributed by atoms with van der Waals surface area (Å²) in [6.45, 7) is 15.1. The summed E-state index contributed by atoms with van der Waals surface area (Å²) in [7, 11) is 2.21. The molecule has 0 spiro atoms. The van der Waals surface area contributed by atoms with Crippen LogP contribution >= 0.6 is 0 Å². The fraction of sp³-hybridized carbons (Fsp3) is 0.731. The number of hydrogen-bond donors (Lipinski definition) is 0. The van der Waals surface area contributed by atoms with Gasteiger partial charge in [0.2, 0.25) is 0 Å². The molecule has 0 N–H and O–H groups in total. The van der Waals surface area contributed by atoms with E-state index in [4.69, 9.17) is 4.74 Å². The van der Waals surface area contributed by atoms with Gasteiger partial charge in [0.15, 0.2) is 0 Å². The van der Waals surface area contributed by atoms with Crippen LogP contribution < -0.4 is 0 Å². The molecule has 2 rings (SSSR count). The molecule has 1 heterocycles. The number of likely N-dealkylation sites (tertiary alicyclic amines) is 1. The van der Waals surface area contributed by atoms with Crippen LogP contribution in [0.4, 0.5) is 0 Å². The number of nitrogens with zero attached hydrogens (tertiary/aromatic N) is 2. The lowest BCUT2D eigenvalue weighted by Gasteiger charge is -2.57. The van der Waals surface area contributed by atoms with Crippen LogP contribution in [0.25, 0.3) is 0 Å². The van der Waals surface area contributed by atoms with Crippen molar-refractivity contribution in [1.29, 1.82) is 0 Å². The second-order valence-electron chi connectivity index (χ2n) is 9.53. The third-order valence-corrected chi connectivity index (χ3v) is 6.95. The van der Waals surface area contributed by atoms with Crippen molar-refractivity contribution >= 4 is 5.97 Å². The van der Waals surface area contributed by atoms with Crippen molar-refractivity contribution in [2.24, 2.45) is 5.41 Å². The van der Waals surface area contributed by atoms with Gasteiger partial charge in [0.1, 0.15) is 5.60 Å². The van der Waals surface area contributed by atoms with Crippen LogP contribution in [0.3, 0.4) is 0 Å². The first-order valence-corrected chi connectivity index (χ1v) is 12.0. The number of esters is 1. The van der Waals surface area contributed by atoms with E-state index < -0.39 is 5.60 Å². The molecule has 1 saturated heterocycles. The summed E-state index contributed by atoms with van der Waals surface area (Å²) < 4.78 is 6.47. The van der Waals surface area contributed by atoms with Crippen LogP contribution in [0, 0.1) is 5.41 Å². The van der Waals surface area contributed by atoms with Crippen molar-refractivity contribution in [3.05, 3.63) is 35.9 Å². The van der Waals surface area contributed by atoms with E-state index in [0.717, 1.165) is 38.2 Å². The van der Waals surface area contributed by atoms with E-state index in [1.54, 1.807) is 0 Å². The van der Waals surface area contributed by atoms with E-state index >= 15 is 0 Å². The summed E-state index contributed by atoms with van der Waals surface area (Å²) >= 11 is 0. The van der Waals surface area contributed by atoms with Gasteiger partial charge in [-0.2, -0.15) is 0 Å². The Morgan fingerprint density at radius 1 is 1.13 bits per heavy atom. The van der Waals surface area contributed by atoms with Gasteiger partial charge < -0.3 is 14.5 Å². The van der Waals surface area contributed by atoms with Crippen molar-refractivity contribution in [2.75, 3.05) is 33.2 Å². The summed E-state index contributed by atoms with van der Waals surface area (Å²) in [4.78, 5) is 17.8. The second-order valence-corrected chi connectivity index (χ2v) is 9.53. The van der Waals surface area contributed by atoms with E-state index in [0.29, 0.717) is 12.5 Å². The maximum Gasteiger partial charge on any atom is 0.306 e. The number of hydrogen-bond acceptors (Lipinski definition) is 4. The molecule has 0 radical (unpaired) electrons. The molecule has 0 amide bonds. The molecule has 0 saturated carbocycles. The Labute approximate surface area is 185 Å². The van der Waals surface area contributed by atoms with Crippen LogP contribution in [0.5, 0.6) is 0 Å². The molecule has 1 aliphatic heterocycles. The van der Waals surface area contributed by atoms with E-state index in [-0.39, 0.29) is 11.4 Å². The predicted molar refractivity (Wildman–Crippen MR) is 126 cm³/mol. The fourth-order valence-electron chi connectivity index (χ4n) is 5.02. The lowest BCUT2D eigenvalue weighted by atomic mass is 9.63. The fourth-order valence-corrected chi connectivity index (χ4v) is 5.02. The normalized spacial score (nSPS) is 27.4. The first-order chi connectivity index (χ1) is 14.3. The minimum atomic E-state index is -0.607. The zero-order valence-electron chi connectivity index (χ0n) is 20.2. The molecule has 1 aromatic rings. The van der Waals surface area contributed by atoms with E-state index in [2.05, 4.69) is 68.8 Å². The SMILES string of the molecule is CCCCN(CCCC)CC1(C)CN(C)C(C)CC1(OC(=O)CC)c1ccccc1. The van der Waals surface area contributed by atoms with Gasteiger partial charge in [-0.3, -0.25) is 4.79 Å². The lowest BCUT2D eigenvalue weighted by molar-refractivity contribution is -0.201. The van der Waals surface area contributed by atoms with Crippen LogP contribution in [0.2, 0.25) is 0 Å². The summed E-state index contributed by atoms with van der Waals surface area (Å²) in [6.07, 6.45) is 6.05. The van der Waals surface area contributed by atoms with Crippen LogP contribution in [-0.2, 0) is 15.1 Å². The highest BCUT2D eigenvalue weighted by atomic mass is 16.6. The van der Waals surface area contributed by atoms with Gasteiger partial charge >= 0.3 is 5.97 Å². The van der Waals surface area contributed by atoms with Crippen molar-refractivity contribution in [3.63, 3.8) is 0 Å². The van der Waals surface area contributed by atoms with Gasteiger partial charge in [-0.25, -0.2) is 0 Å². The van der Waals surface area contributed by atoms with Crippen molar-refractivity contribution in [1.82, 2.24) is 9.80 Å². The lowest BCUT2D eigenvalue weighted by Crippen LogP contribution is -2.63. The largest absolute Gasteiger partial charge is 0.453 e. The zero-order chi connectivity index (χ0) is 22.2. The third kappa shape index (κ3) is 5.64. The highest BCUT2D eigenvalue weighted by Gasteiger charge is 2.57. The molecule has 0 bridgehead atoms. The van der Waals surface area contributed by atoms with Crippen molar-refractivity contribution < 1.29 is 9.53 Å². The number of unbranched alkanes of at least 4 members (excludes halogenated alkanes) is 2. The van der Waals surface area contributed by atoms with Gasteiger partial charge in [0.25, 0.3) is 0 Å². The predicted octanol–water partition coefficient (Wildman–Crippen LogP) is 5.47. The van der Waals surface area contributed by atoms with Gasteiger partial charge in [-0.05, 0) is 45.5 Å². The van der Waals surface area contributed by atoms with Crippen molar-refractivity contribution in [3.8, 4) is 0 Å². The Morgan fingerprint density at radius 3 is 2.27 bits per heavy atom. The first-order valence-electron chi connectivity index (χ1n) is 12.0. The smallest absolute Gasteiger partial charge is 0.306 e. The van der Waals surface area contributed by atoms with Gasteiger partial charge in [-0.1, -0.05) is 70.9 Å². The molecule has 1 aliphatic rings. The Kier molecular flexibility index (Phi) is 9.36. The van der Waals surface area contributed by atoms with Crippen molar-refractivity contribution in [2.45, 2.75) is 84.8 Å². The average Bonchev–Trinajstić information content (AvgIpc) is 2.74. The molecule has 30 heavy (non-hydrogen) atoms. The number of piperidine rings is 1. The zero-order valence-corrected chi connectivity index (χ0v) is 20.2. The molecule has 4 nitrogen and oxygen atoms in total. The average molecular weight is 417 g/mol. The highest BCUT2D eigenvalue weighted by Crippen LogP contribution is 2.51. The minimum Gasteiger partial charge on any atom is -0.453 e. The Hall–Kier alpha value is -1.39. The molecular weight excluding hydrogens is 372 g/mol. The number of carbonyl (C=O) groups excluding carboxylic acids is 1.